The maximum absolute atomic E-state index is 2.33. The van der Waals surface area contributed by atoms with Crippen molar-refractivity contribution in [2.24, 2.45) is 0 Å². The van der Waals surface area contributed by atoms with E-state index < -0.39 is 0 Å². The van der Waals surface area contributed by atoms with Crippen LogP contribution < -0.4 is 0 Å². The lowest BCUT2D eigenvalue weighted by molar-refractivity contribution is 0.589. The zero-order valence-corrected chi connectivity index (χ0v) is 12.3. The molecule has 0 unspecified atom stereocenters. The highest BCUT2D eigenvalue weighted by Gasteiger charge is 2.14. The van der Waals surface area contributed by atoms with E-state index >= 15 is 0 Å². The van der Waals surface area contributed by atoms with Gasteiger partial charge in [-0.2, -0.15) is 0 Å². The summed E-state index contributed by atoms with van der Waals surface area (Å²) in [7, 11) is 0. The van der Waals surface area contributed by atoms with Gasteiger partial charge in [0.15, 0.2) is 0 Å². The summed E-state index contributed by atoms with van der Waals surface area (Å²) < 4.78 is 0. The van der Waals surface area contributed by atoms with Gasteiger partial charge in [0.05, 0.1) is 0 Å². The largest absolute Gasteiger partial charge is 0.0683 e. The molecule has 92 valence electrons. The van der Waals surface area contributed by atoms with E-state index in [0.717, 1.165) is 0 Å². The standard InChI is InChI=1S/C14H22.C2H6/c1-10(2)13-8-7-12(9-11(13)3)14(4,5)6;1-2/h7-10H,1-6H3;1-2H3. The van der Waals surface area contributed by atoms with Crippen molar-refractivity contribution in [3.05, 3.63) is 34.9 Å². The maximum atomic E-state index is 2.33. The Labute approximate surface area is 102 Å². The van der Waals surface area contributed by atoms with E-state index in [0.29, 0.717) is 5.92 Å². The lowest BCUT2D eigenvalue weighted by Gasteiger charge is -2.21. The van der Waals surface area contributed by atoms with Crippen molar-refractivity contribution < 1.29 is 0 Å². The van der Waals surface area contributed by atoms with Crippen LogP contribution in [0.25, 0.3) is 0 Å². The van der Waals surface area contributed by atoms with Crippen molar-refractivity contribution in [3.63, 3.8) is 0 Å². The average Bonchev–Trinajstić information content (AvgIpc) is 2.18. The van der Waals surface area contributed by atoms with Gasteiger partial charge in [-0.3, -0.25) is 0 Å². The van der Waals surface area contributed by atoms with Crippen LogP contribution in [0.4, 0.5) is 0 Å². The first kappa shape index (κ1) is 15.2. The molecular weight excluding hydrogens is 192 g/mol. The number of hydrogen-bond acceptors (Lipinski definition) is 0. The van der Waals surface area contributed by atoms with Crippen LogP contribution in [0, 0.1) is 6.92 Å². The highest BCUT2D eigenvalue weighted by atomic mass is 14.2. The van der Waals surface area contributed by atoms with Crippen LogP contribution in [0.5, 0.6) is 0 Å². The molecule has 0 aliphatic heterocycles. The van der Waals surface area contributed by atoms with E-state index in [9.17, 15) is 0 Å². The van der Waals surface area contributed by atoms with Crippen molar-refractivity contribution in [2.75, 3.05) is 0 Å². The SMILES string of the molecule is CC.Cc1cc(C(C)(C)C)ccc1C(C)C. The second-order valence-electron chi connectivity index (χ2n) is 5.48. The molecule has 16 heavy (non-hydrogen) atoms. The van der Waals surface area contributed by atoms with E-state index in [-0.39, 0.29) is 5.41 Å². The quantitative estimate of drug-likeness (QED) is 0.591. The molecule has 0 heteroatoms. The van der Waals surface area contributed by atoms with E-state index in [2.05, 4.69) is 59.7 Å². The van der Waals surface area contributed by atoms with E-state index in [1.807, 2.05) is 13.8 Å². The van der Waals surface area contributed by atoms with Gasteiger partial charge in [0.2, 0.25) is 0 Å². The first-order valence-electron chi connectivity index (χ1n) is 6.43. The predicted molar refractivity (Wildman–Crippen MR) is 75.3 cm³/mol. The molecule has 0 saturated heterocycles. The van der Waals surface area contributed by atoms with Gasteiger partial charge in [0, 0.05) is 0 Å². The van der Waals surface area contributed by atoms with Gasteiger partial charge < -0.3 is 0 Å². The minimum atomic E-state index is 0.264. The fourth-order valence-corrected chi connectivity index (χ4v) is 1.79. The van der Waals surface area contributed by atoms with Crippen molar-refractivity contribution in [3.8, 4) is 0 Å². The first-order chi connectivity index (χ1) is 7.32. The third-order valence-electron chi connectivity index (χ3n) is 2.76. The van der Waals surface area contributed by atoms with Gasteiger partial charge in [-0.1, -0.05) is 66.7 Å². The van der Waals surface area contributed by atoms with E-state index in [4.69, 9.17) is 0 Å². The smallest absolute Gasteiger partial charge is 0.0132 e. The lowest BCUT2D eigenvalue weighted by atomic mass is 9.84. The minimum Gasteiger partial charge on any atom is -0.0683 e. The molecule has 1 aromatic carbocycles. The Morgan fingerprint density at radius 2 is 1.50 bits per heavy atom. The first-order valence-corrected chi connectivity index (χ1v) is 6.43. The summed E-state index contributed by atoms with van der Waals surface area (Å²) in [6.45, 7) is 17.5. The summed E-state index contributed by atoms with van der Waals surface area (Å²) in [5, 5.41) is 0. The van der Waals surface area contributed by atoms with Crippen LogP contribution in [0.15, 0.2) is 18.2 Å². The molecule has 0 saturated carbocycles. The number of hydrogen-bond donors (Lipinski definition) is 0. The Morgan fingerprint density at radius 3 is 1.81 bits per heavy atom. The number of benzene rings is 1. The number of rotatable bonds is 1. The summed E-state index contributed by atoms with van der Waals surface area (Å²) >= 11 is 0. The topological polar surface area (TPSA) is 0 Å². The van der Waals surface area contributed by atoms with Gasteiger partial charge in [-0.15, -0.1) is 0 Å². The summed E-state index contributed by atoms with van der Waals surface area (Å²) in [6, 6.07) is 6.87. The van der Waals surface area contributed by atoms with Gasteiger partial charge in [0.25, 0.3) is 0 Å². The van der Waals surface area contributed by atoms with Crippen LogP contribution >= 0.6 is 0 Å². The molecule has 0 bridgehead atoms. The molecule has 0 aromatic heterocycles. The molecule has 0 amide bonds. The zero-order chi connectivity index (χ0) is 12.9. The molecule has 0 nitrogen and oxygen atoms in total. The van der Waals surface area contributed by atoms with E-state index in [1.54, 1.807) is 0 Å². The lowest BCUT2D eigenvalue weighted by Crippen LogP contribution is -2.11. The molecule has 0 aliphatic rings. The van der Waals surface area contributed by atoms with Crippen molar-refractivity contribution in [1.82, 2.24) is 0 Å². The molecule has 1 rings (SSSR count). The molecule has 0 aliphatic carbocycles. The maximum Gasteiger partial charge on any atom is -0.0132 e. The molecule has 0 heterocycles. The minimum absolute atomic E-state index is 0.264. The summed E-state index contributed by atoms with van der Waals surface area (Å²) in [4.78, 5) is 0. The van der Waals surface area contributed by atoms with Gasteiger partial charge in [-0.05, 0) is 34.9 Å². The average molecular weight is 220 g/mol. The Balaban J connectivity index is 0.00000106. The Kier molecular flexibility index (Phi) is 5.78. The highest BCUT2D eigenvalue weighted by molar-refractivity contribution is 5.35. The van der Waals surface area contributed by atoms with Gasteiger partial charge in [0.1, 0.15) is 0 Å². The van der Waals surface area contributed by atoms with Crippen molar-refractivity contribution >= 4 is 0 Å². The van der Waals surface area contributed by atoms with Crippen LogP contribution in [-0.2, 0) is 5.41 Å². The van der Waals surface area contributed by atoms with Crippen molar-refractivity contribution in [2.45, 2.75) is 66.7 Å². The van der Waals surface area contributed by atoms with Crippen LogP contribution in [0.3, 0.4) is 0 Å². The van der Waals surface area contributed by atoms with Crippen molar-refractivity contribution in [1.29, 1.82) is 0 Å². The van der Waals surface area contributed by atoms with Crippen LogP contribution in [0.2, 0.25) is 0 Å². The predicted octanol–water partition coefficient (Wildman–Crippen LogP) is 5.44. The fourth-order valence-electron chi connectivity index (χ4n) is 1.79. The molecule has 0 radical (unpaired) electrons. The summed E-state index contributed by atoms with van der Waals surface area (Å²) in [5.41, 5.74) is 4.59. The molecule has 1 aromatic rings. The van der Waals surface area contributed by atoms with Crippen LogP contribution in [0.1, 0.15) is 71.1 Å². The molecule has 0 spiro atoms. The Bertz CT molecular complexity index is 313. The van der Waals surface area contributed by atoms with E-state index in [1.165, 1.54) is 16.7 Å². The zero-order valence-electron chi connectivity index (χ0n) is 12.3. The van der Waals surface area contributed by atoms with Gasteiger partial charge >= 0.3 is 0 Å². The summed E-state index contributed by atoms with van der Waals surface area (Å²) in [5.74, 6) is 0.629. The highest BCUT2D eigenvalue weighted by Crippen LogP contribution is 2.27. The monoisotopic (exact) mass is 220 g/mol. The number of aryl methyl sites for hydroxylation is 1. The Morgan fingerprint density at radius 1 is 1.00 bits per heavy atom. The van der Waals surface area contributed by atoms with Gasteiger partial charge in [-0.25, -0.2) is 0 Å². The summed E-state index contributed by atoms with van der Waals surface area (Å²) in [6.07, 6.45) is 0. The second-order valence-corrected chi connectivity index (χ2v) is 5.48. The molecule has 0 atom stereocenters. The third-order valence-corrected chi connectivity index (χ3v) is 2.76. The normalized spacial score (nSPS) is 11.1. The third kappa shape index (κ3) is 4.00. The second kappa shape index (κ2) is 6.08. The molecule has 0 N–H and O–H groups in total. The fraction of sp³-hybridized carbons (Fsp3) is 0.625. The Hall–Kier alpha value is -0.780. The molecular formula is C16H28. The van der Waals surface area contributed by atoms with Crippen LogP contribution in [-0.4, -0.2) is 0 Å². The molecule has 0 fully saturated rings.